The quantitative estimate of drug-likeness (QED) is 0.643. The van der Waals surface area contributed by atoms with Crippen molar-refractivity contribution in [3.05, 3.63) is 0 Å². The van der Waals surface area contributed by atoms with E-state index in [1.54, 1.807) is 0 Å². The second-order valence-corrected chi connectivity index (χ2v) is 5.88. The van der Waals surface area contributed by atoms with Gasteiger partial charge in [-0.25, -0.2) is 0 Å². The van der Waals surface area contributed by atoms with Crippen LogP contribution in [-0.2, 0) is 4.74 Å². The molecule has 0 rings (SSSR count). The van der Waals surface area contributed by atoms with Gasteiger partial charge in [0, 0.05) is 5.41 Å². The van der Waals surface area contributed by atoms with E-state index in [0.29, 0.717) is 5.41 Å². The van der Waals surface area contributed by atoms with E-state index in [2.05, 4.69) is 47.2 Å². The molecule has 0 atom stereocenters. The lowest BCUT2D eigenvalue weighted by Gasteiger charge is -2.35. The summed E-state index contributed by atoms with van der Waals surface area (Å²) in [7, 11) is 0. The van der Waals surface area contributed by atoms with Gasteiger partial charge in [0.05, 0.1) is 12.2 Å². The molecule has 0 saturated heterocycles. The Kier molecular flexibility index (Phi) is 6.94. The molecule has 15 heavy (non-hydrogen) atoms. The van der Waals surface area contributed by atoms with Crippen molar-refractivity contribution in [2.45, 2.75) is 65.9 Å². The Bertz CT molecular complexity index is 154. The van der Waals surface area contributed by atoms with Crippen LogP contribution < -0.4 is 0 Å². The van der Waals surface area contributed by atoms with Crippen LogP contribution in [0.5, 0.6) is 0 Å². The zero-order valence-electron chi connectivity index (χ0n) is 11.1. The molecular weight excluding hydrogens is 204 g/mol. The van der Waals surface area contributed by atoms with Gasteiger partial charge in [0.25, 0.3) is 0 Å². The molecule has 0 aromatic heterocycles. The highest BCUT2D eigenvalue weighted by molar-refractivity contribution is 7.80. The van der Waals surface area contributed by atoms with Gasteiger partial charge in [0.15, 0.2) is 0 Å². The summed E-state index contributed by atoms with van der Waals surface area (Å²) < 4.78 is 5.94. The van der Waals surface area contributed by atoms with Crippen LogP contribution in [0, 0.1) is 5.41 Å². The van der Waals surface area contributed by atoms with Crippen LogP contribution >= 0.6 is 12.6 Å². The third-order valence-electron chi connectivity index (χ3n) is 2.71. The van der Waals surface area contributed by atoms with Crippen molar-refractivity contribution >= 4 is 12.6 Å². The molecule has 0 aliphatic heterocycles. The fourth-order valence-corrected chi connectivity index (χ4v) is 2.31. The normalized spacial score (nSPS) is 13.2. The van der Waals surface area contributed by atoms with Gasteiger partial charge in [-0.05, 0) is 39.4 Å². The van der Waals surface area contributed by atoms with Crippen molar-refractivity contribution in [2.75, 3.05) is 12.4 Å². The molecule has 0 amide bonds. The molecule has 0 spiro atoms. The van der Waals surface area contributed by atoms with Crippen molar-refractivity contribution in [3.63, 3.8) is 0 Å². The zero-order chi connectivity index (χ0) is 11.9. The third kappa shape index (κ3) is 6.47. The first kappa shape index (κ1) is 15.3. The predicted molar refractivity (Wildman–Crippen MR) is 71.8 cm³/mol. The van der Waals surface area contributed by atoms with Crippen LogP contribution in [0.2, 0.25) is 0 Å². The highest BCUT2D eigenvalue weighted by atomic mass is 32.1. The minimum absolute atomic E-state index is 0.0321. The molecule has 0 fully saturated rings. The molecule has 2 heteroatoms. The molecule has 0 bridgehead atoms. The Hall–Kier alpha value is 0.310. The number of ether oxygens (including phenoxy) is 1. The Morgan fingerprint density at radius 3 is 1.73 bits per heavy atom. The lowest BCUT2D eigenvalue weighted by molar-refractivity contribution is -0.0509. The molecule has 0 radical (unpaired) electrons. The fourth-order valence-electron chi connectivity index (χ4n) is 1.90. The first-order valence-corrected chi connectivity index (χ1v) is 6.77. The predicted octanol–water partition coefficient (Wildman–Crippen LogP) is 4.32. The van der Waals surface area contributed by atoms with Gasteiger partial charge in [-0.3, -0.25) is 0 Å². The summed E-state index contributed by atoms with van der Waals surface area (Å²) in [6.45, 7) is 11.7. The summed E-state index contributed by atoms with van der Waals surface area (Å²) >= 11 is 4.52. The van der Waals surface area contributed by atoms with E-state index in [1.165, 1.54) is 25.7 Å². The smallest absolute Gasteiger partial charge is 0.0598 e. The van der Waals surface area contributed by atoms with Crippen LogP contribution in [-0.4, -0.2) is 18.0 Å². The first-order chi connectivity index (χ1) is 6.89. The Morgan fingerprint density at radius 2 is 1.47 bits per heavy atom. The first-order valence-electron chi connectivity index (χ1n) is 6.14. The second-order valence-electron chi connectivity index (χ2n) is 5.56. The van der Waals surface area contributed by atoms with Gasteiger partial charge in [-0.2, -0.15) is 12.6 Å². The van der Waals surface area contributed by atoms with E-state index in [9.17, 15) is 0 Å². The second kappa shape index (κ2) is 6.80. The van der Waals surface area contributed by atoms with Crippen molar-refractivity contribution in [1.82, 2.24) is 0 Å². The van der Waals surface area contributed by atoms with E-state index in [4.69, 9.17) is 4.74 Å². The van der Waals surface area contributed by atoms with Gasteiger partial charge >= 0.3 is 0 Å². The van der Waals surface area contributed by atoms with Crippen LogP contribution in [0.4, 0.5) is 0 Å². The fraction of sp³-hybridized carbons (Fsp3) is 1.00. The summed E-state index contributed by atoms with van der Waals surface area (Å²) in [5.41, 5.74) is 0.259. The maximum Gasteiger partial charge on any atom is 0.0598 e. The average Bonchev–Trinajstić information content (AvgIpc) is 2.14. The van der Waals surface area contributed by atoms with Crippen molar-refractivity contribution in [1.29, 1.82) is 0 Å². The Morgan fingerprint density at radius 1 is 1.00 bits per heavy atom. The summed E-state index contributed by atoms with van der Waals surface area (Å²) in [5, 5.41) is 0. The highest BCUT2D eigenvalue weighted by Gasteiger charge is 2.29. The minimum Gasteiger partial charge on any atom is -0.375 e. The van der Waals surface area contributed by atoms with Gasteiger partial charge < -0.3 is 4.74 Å². The van der Waals surface area contributed by atoms with Crippen molar-refractivity contribution < 1.29 is 4.74 Å². The van der Waals surface area contributed by atoms with E-state index < -0.39 is 0 Å². The highest BCUT2D eigenvalue weighted by Crippen LogP contribution is 2.32. The molecule has 0 aromatic rings. The largest absolute Gasteiger partial charge is 0.375 e. The van der Waals surface area contributed by atoms with Gasteiger partial charge in [-0.1, -0.05) is 26.7 Å². The maximum atomic E-state index is 5.94. The topological polar surface area (TPSA) is 9.23 Å². The summed E-state index contributed by atoms with van der Waals surface area (Å²) in [4.78, 5) is 0. The van der Waals surface area contributed by atoms with Gasteiger partial charge in [-0.15, -0.1) is 0 Å². The molecule has 0 aromatic carbocycles. The molecule has 0 aliphatic carbocycles. The van der Waals surface area contributed by atoms with Crippen LogP contribution in [0.25, 0.3) is 0 Å². The van der Waals surface area contributed by atoms with E-state index >= 15 is 0 Å². The van der Waals surface area contributed by atoms with Gasteiger partial charge in [0.2, 0.25) is 0 Å². The molecule has 1 nitrogen and oxygen atoms in total. The van der Waals surface area contributed by atoms with E-state index in [0.717, 1.165) is 12.4 Å². The molecule has 92 valence electrons. The Labute approximate surface area is 101 Å². The number of hydrogen-bond acceptors (Lipinski definition) is 2. The third-order valence-corrected chi connectivity index (χ3v) is 3.38. The number of thiol groups is 1. The molecular formula is C13H28OS. The molecule has 0 unspecified atom stereocenters. The lowest BCUT2D eigenvalue weighted by Crippen LogP contribution is -2.33. The van der Waals surface area contributed by atoms with Crippen molar-refractivity contribution in [3.8, 4) is 0 Å². The standard InChI is InChI=1S/C13H28OS/c1-6-8-13(11-15,9-7-2)10-14-12(3,4)5/h15H,6-11H2,1-5H3. The average molecular weight is 232 g/mol. The van der Waals surface area contributed by atoms with Crippen LogP contribution in [0.3, 0.4) is 0 Å². The molecule has 0 N–H and O–H groups in total. The summed E-state index contributed by atoms with van der Waals surface area (Å²) in [6.07, 6.45) is 4.88. The summed E-state index contributed by atoms with van der Waals surface area (Å²) in [5.74, 6) is 0.935. The van der Waals surface area contributed by atoms with Gasteiger partial charge in [0.1, 0.15) is 0 Å². The zero-order valence-corrected chi connectivity index (χ0v) is 12.0. The lowest BCUT2D eigenvalue weighted by atomic mass is 9.82. The van der Waals surface area contributed by atoms with Crippen molar-refractivity contribution in [2.24, 2.45) is 5.41 Å². The molecule has 0 heterocycles. The van der Waals surface area contributed by atoms with Crippen LogP contribution in [0.15, 0.2) is 0 Å². The maximum absolute atomic E-state index is 5.94. The number of hydrogen-bond donors (Lipinski definition) is 1. The minimum atomic E-state index is -0.0321. The summed E-state index contributed by atoms with van der Waals surface area (Å²) in [6, 6.07) is 0. The molecule has 0 saturated carbocycles. The monoisotopic (exact) mass is 232 g/mol. The van der Waals surface area contributed by atoms with Crippen LogP contribution in [0.1, 0.15) is 60.3 Å². The molecule has 0 aliphatic rings. The number of rotatable bonds is 7. The van der Waals surface area contributed by atoms with E-state index in [-0.39, 0.29) is 5.60 Å². The SMILES string of the molecule is CCCC(CS)(CCC)COC(C)(C)C. The Balaban J connectivity index is 4.33. The van der Waals surface area contributed by atoms with E-state index in [1.807, 2.05) is 0 Å².